The van der Waals surface area contributed by atoms with E-state index in [1.54, 1.807) is 12.2 Å². The second kappa shape index (κ2) is 4.92. The van der Waals surface area contributed by atoms with E-state index in [1.807, 2.05) is 0 Å². The number of halogens is 2. The molecule has 0 aliphatic carbocycles. The SMILES string of the molecule is O=C(O)[C@@H]1[C@@H](C(=O)Nc2cc(F)ccc2F)[C@H]2C=C[C@H]1O2. The van der Waals surface area contributed by atoms with Crippen LogP contribution in [0.3, 0.4) is 0 Å². The molecule has 1 saturated heterocycles. The number of anilines is 1. The molecule has 1 aromatic rings. The number of benzene rings is 1. The van der Waals surface area contributed by atoms with E-state index < -0.39 is 47.6 Å². The van der Waals surface area contributed by atoms with E-state index >= 15 is 0 Å². The van der Waals surface area contributed by atoms with Crippen LogP contribution in [-0.4, -0.2) is 29.2 Å². The summed E-state index contributed by atoms with van der Waals surface area (Å²) in [6.07, 6.45) is 1.88. The van der Waals surface area contributed by atoms with Crippen LogP contribution in [0.2, 0.25) is 0 Å². The molecule has 2 aliphatic rings. The largest absolute Gasteiger partial charge is 0.481 e. The van der Waals surface area contributed by atoms with E-state index in [-0.39, 0.29) is 5.69 Å². The first-order valence-corrected chi connectivity index (χ1v) is 6.30. The van der Waals surface area contributed by atoms with Crippen LogP contribution in [0.25, 0.3) is 0 Å². The summed E-state index contributed by atoms with van der Waals surface area (Å²) in [6, 6.07) is 2.65. The average molecular weight is 295 g/mol. The highest BCUT2D eigenvalue weighted by Crippen LogP contribution is 2.40. The van der Waals surface area contributed by atoms with E-state index in [4.69, 9.17) is 4.74 Å². The molecule has 2 bridgehead atoms. The number of carboxylic acids is 1. The van der Waals surface area contributed by atoms with Gasteiger partial charge in [-0.05, 0) is 12.1 Å². The van der Waals surface area contributed by atoms with Gasteiger partial charge in [0.25, 0.3) is 0 Å². The highest BCUT2D eigenvalue weighted by molar-refractivity contribution is 5.96. The fourth-order valence-corrected chi connectivity index (χ4v) is 2.72. The maximum absolute atomic E-state index is 13.5. The molecule has 0 saturated carbocycles. The van der Waals surface area contributed by atoms with E-state index in [2.05, 4.69) is 5.32 Å². The molecule has 0 aromatic heterocycles. The Balaban J connectivity index is 1.83. The Kier molecular flexibility index (Phi) is 3.21. The number of carbonyl (C=O) groups excluding carboxylic acids is 1. The van der Waals surface area contributed by atoms with Crippen LogP contribution in [0.4, 0.5) is 14.5 Å². The van der Waals surface area contributed by atoms with Crippen LogP contribution in [0.5, 0.6) is 0 Å². The maximum Gasteiger partial charge on any atom is 0.310 e. The van der Waals surface area contributed by atoms with Gasteiger partial charge in [-0.1, -0.05) is 12.2 Å². The Labute approximate surface area is 118 Å². The number of fused-ring (bicyclic) bond motifs is 2. The Hall–Kier alpha value is -2.28. The zero-order chi connectivity index (χ0) is 15.1. The number of hydrogen-bond acceptors (Lipinski definition) is 3. The van der Waals surface area contributed by atoms with E-state index in [9.17, 15) is 23.5 Å². The van der Waals surface area contributed by atoms with E-state index in [0.717, 1.165) is 18.2 Å². The fraction of sp³-hybridized carbons (Fsp3) is 0.286. The summed E-state index contributed by atoms with van der Waals surface area (Å²) in [5, 5.41) is 11.4. The molecule has 4 atom stereocenters. The Bertz CT molecular complexity index is 646. The first kappa shape index (κ1) is 13.7. The second-order valence-corrected chi connectivity index (χ2v) is 4.95. The van der Waals surface area contributed by atoms with Gasteiger partial charge in [-0.3, -0.25) is 9.59 Å². The van der Waals surface area contributed by atoms with Crippen LogP contribution in [0, 0.1) is 23.5 Å². The molecule has 1 fully saturated rings. The predicted octanol–water partition coefficient (Wildman–Crippen LogP) is 1.56. The van der Waals surface area contributed by atoms with Gasteiger partial charge in [0.05, 0.1) is 23.8 Å². The molecule has 2 N–H and O–H groups in total. The zero-order valence-electron chi connectivity index (χ0n) is 10.6. The molecule has 2 aliphatic heterocycles. The molecular weight excluding hydrogens is 284 g/mol. The highest BCUT2D eigenvalue weighted by Gasteiger charge is 2.53. The first-order valence-electron chi connectivity index (χ1n) is 6.30. The summed E-state index contributed by atoms with van der Waals surface area (Å²) in [6.45, 7) is 0. The van der Waals surface area contributed by atoms with Gasteiger partial charge in [-0.15, -0.1) is 0 Å². The molecule has 2 heterocycles. The molecule has 0 spiro atoms. The lowest BCUT2D eigenvalue weighted by Crippen LogP contribution is -2.39. The van der Waals surface area contributed by atoms with Gasteiger partial charge in [0.2, 0.25) is 5.91 Å². The van der Waals surface area contributed by atoms with Crippen LogP contribution in [0.1, 0.15) is 0 Å². The van der Waals surface area contributed by atoms with Gasteiger partial charge in [0, 0.05) is 6.07 Å². The smallest absolute Gasteiger partial charge is 0.310 e. The molecule has 110 valence electrons. The minimum absolute atomic E-state index is 0.323. The Morgan fingerprint density at radius 2 is 1.81 bits per heavy atom. The number of amides is 1. The molecule has 7 heteroatoms. The highest BCUT2D eigenvalue weighted by atomic mass is 19.1. The van der Waals surface area contributed by atoms with E-state index in [0.29, 0.717) is 0 Å². The van der Waals surface area contributed by atoms with Crippen molar-refractivity contribution in [1.29, 1.82) is 0 Å². The van der Waals surface area contributed by atoms with Gasteiger partial charge in [-0.2, -0.15) is 0 Å². The Morgan fingerprint density at radius 1 is 1.14 bits per heavy atom. The molecule has 5 nitrogen and oxygen atoms in total. The van der Waals surface area contributed by atoms with Gasteiger partial charge in [-0.25, -0.2) is 8.78 Å². The lowest BCUT2D eigenvalue weighted by atomic mass is 9.82. The Morgan fingerprint density at radius 3 is 2.48 bits per heavy atom. The number of nitrogens with one attached hydrogen (secondary N) is 1. The van der Waals surface area contributed by atoms with Crippen molar-refractivity contribution in [3.05, 3.63) is 42.0 Å². The molecule has 3 rings (SSSR count). The van der Waals surface area contributed by atoms with Crippen LogP contribution in [0.15, 0.2) is 30.4 Å². The predicted molar refractivity (Wildman–Crippen MR) is 67.4 cm³/mol. The third kappa shape index (κ3) is 2.29. The van der Waals surface area contributed by atoms with Gasteiger partial charge >= 0.3 is 5.97 Å². The summed E-state index contributed by atoms with van der Waals surface area (Å²) < 4.78 is 32.0. The molecule has 0 unspecified atom stereocenters. The van der Waals surface area contributed by atoms with Gasteiger partial charge < -0.3 is 15.2 Å². The minimum Gasteiger partial charge on any atom is -0.481 e. The molecule has 0 radical (unpaired) electrons. The maximum atomic E-state index is 13.5. The molecule has 1 amide bonds. The molecule has 21 heavy (non-hydrogen) atoms. The van der Waals surface area contributed by atoms with Crippen LogP contribution in [-0.2, 0) is 14.3 Å². The van der Waals surface area contributed by atoms with Crippen molar-refractivity contribution < 1.29 is 28.2 Å². The summed E-state index contributed by atoms with van der Waals surface area (Å²) in [4.78, 5) is 23.5. The molecule has 1 aromatic carbocycles. The van der Waals surface area contributed by atoms with Crippen molar-refractivity contribution in [1.82, 2.24) is 0 Å². The molecular formula is C14H11F2NO4. The lowest BCUT2D eigenvalue weighted by Gasteiger charge is -2.21. The zero-order valence-corrected chi connectivity index (χ0v) is 10.6. The average Bonchev–Trinajstić information content (AvgIpc) is 3.03. The van der Waals surface area contributed by atoms with Crippen LogP contribution < -0.4 is 5.32 Å². The lowest BCUT2D eigenvalue weighted by molar-refractivity contribution is -0.145. The summed E-state index contributed by atoms with van der Waals surface area (Å²) >= 11 is 0. The van der Waals surface area contributed by atoms with Crippen molar-refractivity contribution in [2.75, 3.05) is 5.32 Å². The van der Waals surface area contributed by atoms with Crippen molar-refractivity contribution in [2.45, 2.75) is 12.2 Å². The number of ether oxygens (including phenoxy) is 1. The quantitative estimate of drug-likeness (QED) is 0.830. The fourth-order valence-electron chi connectivity index (χ4n) is 2.72. The third-order valence-corrected chi connectivity index (χ3v) is 3.67. The minimum atomic E-state index is -1.16. The van der Waals surface area contributed by atoms with Gasteiger partial charge in [0.1, 0.15) is 17.6 Å². The topological polar surface area (TPSA) is 75.6 Å². The third-order valence-electron chi connectivity index (χ3n) is 3.67. The van der Waals surface area contributed by atoms with Crippen LogP contribution >= 0.6 is 0 Å². The van der Waals surface area contributed by atoms with E-state index in [1.165, 1.54) is 0 Å². The number of hydrogen-bond donors (Lipinski definition) is 2. The summed E-state index contributed by atoms with van der Waals surface area (Å²) in [5.74, 6) is -5.37. The second-order valence-electron chi connectivity index (χ2n) is 4.95. The number of rotatable bonds is 3. The summed E-state index contributed by atoms with van der Waals surface area (Å²) in [5.41, 5.74) is -0.323. The first-order chi connectivity index (χ1) is 9.97. The van der Waals surface area contributed by atoms with Crippen molar-refractivity contribution in [2.24, 2.45) is 11.8 Å². The van der Waals surface area contributed by atoms with Crippen molar-refractivity contribution in [3.63, 3.8) is 0 Å². The normalized spacial score (nSPS) is 29.6. The summed E-state index contributed by atoms with van der Waals surface area (Å²) in [7, 11) is 0. The standard InChI is InChI=1S/C14H11F2NO4/c15-6-1-2-7(16)8(5-6)17-13(18)11-9-3-4-10(21-9)12(11)14(19)20/h1-5,9-12H,(H,17,18)(H,19,20)/t9-,10-,11+,12+/m1/s1. The monoisotopic (exact) mass is 295 g/mol. The number of carbonyl (C=O) groups is 2. The number of aliphatic carboxylic acids is 1. The number of carboxylic acid groups (broad SMARTS) is 1. The van der Waals surface area contributed by atoms with Crippen molar-refractivity contribution in [3.8, 4) is 0 Å². The van der Waals surface area contributed by atoms with Crippen molar-refractivity contribution >= 4 is 17.6 Å². The van der Waals surface area contributed by atoms with Gasteiger partial charge in [0.15, 0.2) is 0 Å².